The molecule has 3 heteroatoms. The summed E-state index contributed by atoms with van der Waals surface area (Å²) < 4.78 is 0. The molecule has 3 aromatic heterocycles. The van der Waals surface area contributed by atoms with E-state index < -0.39 is 0 Å². The van der Waals surface area contributed by atoms with E-state index in [0.29, 0.717) is 5.92 Å². The van der Waals surface area contributed by atoms with E-state index in [1.54, 1.807) is 11.1 Å². The molecule has 3 heterocycles. The lowest BCUT2D eigenvalue weighted by Crippen LogP contribution is -2.37. The van der Waals surface area contributed by atoms with Gasteiger partial charge in [0.15, 0.2) is 0 Å². The largest absolute Gasteiger partial charge is 0.254 e. The van der Waals surface area contributed by atoms with Gasteiger partial charge in [-0.15, -0.1) is 0 Å². The highest BCUT2D eigenvalue weighted by Gasteiger charge is 2.27. The molecule has 0 aliphatic heterocycles. The maximum absolute atomic E-state index is 5.40. The molecule has 7 aromatic rings. The number of nitrogens with zero attached hydrogens (tertiary/aromatic N) is 3. The third kappa shape index (κ3) is 4.93. The van der Waals surface area contributed by atoms with E-state index in [9.17, 15) is 0 Å². The summed E-state index contributed by atoms with van der Waals surface area (Å²) in [6.45, 7) is 0. The van der Waals surface area contributed by atoms with Gasteiger partial charge < -0.3 is 0 Å². The Morgan fingerprint density at radius 3 is 2.45 bits per heavy atom. The molecule has 4 aromatic carbocycles. The number of hydrogen-bond acceptors (Lipinski definition) is 3. The van der Waals surface area contributed by atoms with Crippen LogP contribution in [0.15, 0.2) is 121 Å². The van der Waals surface area contributed by atoms with Crippen LogP contribution in [0.3, 0.4) is 0 Å². The van der Waals surface area contributed by atoms with E-state index in [1.165, 1.54) is 82.3 Å². The molecule has 1 unspecified atom stereocenters. The zero-order valence-electron chi connectivity index (χ0n) is 31.5. The maximum atomic E-state index is 5.40. The standard InChI is InChI=1S/C53H41N3/c1-2-10-39-33(8-1)19-26-46-50(39)45-13-5-6-14-49(45)56-51(46)35-17-15-32(16-18-35)36-21-23-42-43-24-22-37(31-48(43)41-12-4-3-11-40(41)47(42)30-36)38-27-29-55-53-44(38)25-20-34-9-7-28-54-52(34)53/h1,4,7-9,12-15,17-18,20-25,27-32H,2-3,5-6,10-11,16,19,26H2. The molecule has 0 saturated carbocycles. The van der Waals surface area contributed by atoms with E-state index in [4.69, 9.17) is 15.0 Å². The monoisotopic (exact) mass is 719 g/mol. The predicted octanol–water partition coefficient (Wildman–Crippen LogP) is 11.6. The lowest BCUT2D eigenvalue weighted by atomic mass is 9.78. The molecular formula is C53H41N3. The van der Waals surface area contributed by atoms with E-state index in [-0.39, 0.29) is 0 Å². The van der Waals surface area contributed by atoms with Gasteiger partial charge in [-0.1, -0.05) is 103 Å². The fraction of sp³-hybridized carbons (Fsp3) is 0.189. The van der Waals surface area contributed by atoms with Gasteiger partial charge in [0.2, 0.25) is 0 Å². The zero-order valence-corrected chi connectivity index (χ0v) is 31.5. The Morgan fingerprint density at radius 1 is 0.607 bits per heavy atom. The zero-order chi connectivity index (χ0) is 36.7. The van der Waals surface area contributed by atoms with Crippen molar-refractivity contribution in [2.75, 3.05) is 0 Å². The Kier molecular flexibility index (Phi) is 7.27. The predicted molar refractivity (Wildman–Crippen MR) is 235 cm³/mol. The first kappa shape index (κ1) is 32.1. The van der Waals surface area contributed by atoms with Gasteiger partial charge in [0.25, 0.3) is 0 Å². The van der Waals surface area contributed by atoms with Gasteiger partial charge >= 0.3 is 0 Å². The number of hydrogen-bond donors (Lipinski definition) is 0. The van der Waals surface area contributed by atoms with E-state index in [2.05, 4.69) is 115 Å². The second kappa shape index (κ2) is 12.7. The van der Waals surface area contributed by atoms with Crippen molar-refractivity contribution in [1.29, 1.82) is 0 Å². The molecule has 0 fully saturated rings. The van der Waals surface area contributed by atoms with Crippen LogP contribution in [-0.4, -0.2) is 15.0 Å². The van der Waals surface area contributed by atoms with Crippen LogP contribution in [0.1, 0.15) is 84.4 Å². The summed E-state index contributed by atoms with van der Waals surface area (Å²) in [5, 5.41) is 10.2. The molecular weight excluding hydrogens is 679 g/mol. The van der Waals surface area contributed by atoms with Crippen molar-refractivity contribution in [3.8, 4) is 11.1 Å². The first-order valence-electron chi connectivity index (χ1n) is 20.6. The summed E-state index contributed by atoms with van der Waals surface area (Å²) in [6, 6.07) is 25.0. The van der Waals surface area contributed by atoms with Gasteiger partial charge in [-0.2, -0.15) is 0 Å². The molecule has 1 atom stereocenters. The van der Waals surface area contributed by atoms with Crippen LogP contribution in [0, 0.1) is 0 Å². The van der Waals surface area contributed by atoms with Crippen LogP contribution in [0.25, 0.3) is 83.9 Å². The number of pyridine rings is 3. The van der Waals surface area contributed by atoms with Gasteiger partial charge in [-0.05, 0) is 153 Å². The van der Waals surface area contributed by atoms with Crippen molar-refractivity contribution >= 4 is 72.7 Å². The minimum Gasteiger partial charge on any atom is -0.254 e. The van der Waals surface area contributed by atoms with Crippen LogP contribution in [-0.2, 0) is 12.8 Å². The van der Waals surface area contributed by atoms with E-state index in [1.807, 2.05) is 18.5 Å². The SMILES string of the molecule is C1=CC2=C(CC1)c1c(c(C3=CCC(c4ccc5c(c4)c4c(c6cc(-c7ccnc8c7ccc7cccnc78)ccc65)C=CCC4)C=C3)nc3c1=CCCC=3)CC2. The van der Waals surface area contributed by atoms with Crippen molar-refractivity contribution in [2.24, 2.45) is 0 Å². The number of aromatic nitrogens is 3. The maximum Gasteiger partial charge on any atom is 0.0970 e. The topological polar surface area (TPSA) is 38.7 Å². The Labute approximate surface area is 326 Å². The molecule has 0 N–H and O–H groups in total. The first-order valence-corrected chi connectivity index (χ1v) is 20.6. The smallest absolute Gasteiger partial charge is 0.0970 e. The summed E-state index contributed by atoms with van der Waals surface area (Å²) in [4.78, 5) is 14.9. The normalized spacial score (nSPS) is 18.4. The van der Waals surface area contributed by atoms with Crippen molar-refractivity contribution in [1.82, 2.24) is 15.0 Å². The molecule has 0 radical (unpaired) electrons. The van der Waals surface area contributed by atoms with Crippen molar-refractivity contribution < 1.29 is 0 Å². The third-order valence-corrected chi connectivity index (χ3v) is 13.2. The Balaban J connectivity index is 0.926. The minimum absolute atomic E-state index is 0.340. The summed E-state index contributed by atoms with van der Waals surface area (Å²) in [6.07, 6.45) is 35.2. The van der Waals surface area contributed by atoms with Crippen LogP contribution < -0.4 is 10.6 Å². The van der Waals surface area contributed by atoms with Crippen molar-refractivity contribution in [3.05, 3.63) is 165 Å². The van der Waals surface area contributed by atoms with Crippen LogP contribution in [0.4, 0.5) is 0 Å². The molecule has 0 bridgehead atoms. The Morgan fingerprint density at radius 2 is 1.48 bits per heavy atom. The quantitative estimate of drug-likeness (QED) is 0.171. The van der Waals surface area contributed by atoms with E-state index in [0.717, 1.165) is 79.6 Å². The van der Waals surface area contributed by atoms with Gasteiger partial charge in [0.05, 0.1) is 22.1 Å². The molecule has 0 saturated heterocycles. The number of fused-ring (bicyclic) bond motifs is 13. The third-order valence-electron chi connectivity index (χ3n) is 13.2. The van der Waals surface area contributed by atoms with Crippen LogP contribution in [0.2, 0.25) is 0 Å². The molecule has 268 valence electrons. The number of allylic oxidation sites excluding steroid dienone is 9. The van der Waals surface area contributed by atoms with Gasteiger partial charge in [0.1, 0.15) is 0 Å². The van der Waals surface area contributed by atoms with Gasteiger partial charge in [-0.25, -0.2) is 4.98 Å². The highest BCUT2D eigenvalue weighted by atomic mass is 14.7. The van der Waals surface area contributed by atoms with Crippen molar-refractivity contribution in [3.63, 3.8) is 0 Å². The second-order valence-corrected chi connectivity index (χ2v) is 16.2. The molecule has 0 amide bonds. The van der Waals surface area contributed by atoms with Crippen LogP contribution >= 0.6 is 0 Å². The molecule has 5 aliphatic rings. The molecule has 3 nitrogen and oxygen atoms in total. The Hall–Kier alpha value is -6.19. The average molecular weight is 720 g/mol. The number of benzene rings is 4. The highest BCUT2D eigenvalue weighted by Crippen LogP contribution is 2.43. The van der Waals surface area contributed by atoms with Crippen molar-refractivity contribution in [2.45, 2.75) is 63.7 Å². The lowest BCUT2D eigenvalue weighted by Gasteiger charge is -2.28. The van der Waals surface area contributed by atoms with Crippen LogP contribution in [0.5, 0.6) is 0 Å². The summed E-state index contributed by atoms with van der Waals surface area (Å²) in [7, 11) is 0. The highest BCUT2D eigenvalue weighted by molar-refractivity contribution is 6.15. The van der Waals surface area contributed by atoms with Gasteiger partial charge in [-0.3, -0.25) is 9.97 Å². The van der Waals surface area contributed by atoms with Gasteiger partial charge in [0, 0.05) is 34.3 Å². The molecule has 56 heavy (non-hydrogen) atoms. The first-order chi connectivity index (χ1) is 27.8. The fourth-order valence-electron chi connectivity index (χ4n) is 10.5. The second-order valence-electron chi connectivity index (χ2n) is 16.2. The van der Waals surface area contributed by atoms with E-state index >= 15 is 0 Å². The average Bonchev–Trinajstić information content (AvgIpc) is 3.28. The summed E-state index contributed by atoms with van der Waals surface area (Å²) in [5.74, 6) is 0.340. The minimum atomic E-state index is 0.340. The molecule has 5 aliphatic carbocycles. The summed E-state index contributed by atoms with van der Waals surface area (Å²) >= 11 is 0. The molecule has 12 rings (SSSR count). The number of rotatable bonds is 3. The lowest BCUT2D eigenvalue weighted by molar-refractivity contribution is 0.850. The number of aryl methyl sites for hydroxylation is 1. The molecule has 0 spiro atoms. The fourth-order valence-corrected chi connectivity index (χ4v) is 10.5. The Bertz CT molecular complexity index is 3170. The summed E-state index contributed by atoms with van der Waals surface area (Å²) in [5.41, 5.74) is 17.2.